The summed E-state index contributed by atoms with van der Waals surface area (Å²) in [6, 6.07) is 17.2. The molecular formula is C21H23N5O2S. The number of carbonyl (C=O) groups excluding carboxylic acids is 2. The number of hydrogen-bond acceptors (Lipinski definition) is 5. The minimum absolute atomic E-state index is 0.0729. The Morgan fingerprint density at radius 2 is 1.69 bits per heavy atom. The Kier molecular flexibility index (Phi) is 7.02. The number of benzene rings is 2. The van der Waals surface area contributed by atoms with Crippen molar-refractivity contribution in [3.05, 3.63) is 77.1 Å². The molecule has 0 aliphatic heterocycles. The van der Waals surface area contributed by atoms with Crippen molar-refractivity contribution in [3.8, 4) is 0 Å². The van der Waals surface area contributed by atoms with Gasteiger partial charge in [0.15, 0.2) is 11.0 Å². The van der Waals surface area contributed by atoms with E-state index in [1.54, 1.807) is 10.6 Å². The maximum absolute atomic E-state index is 12.3. The van der Waals surface area contributed by atoms with Gasteiger partial charge in [0.25, 0.3) is 5.91 Å². The van der Waals surface area contributed by atoms with Crippen LogP contribution in [0.4, 0.5) is 0 Å². The summed E-state index contributed by atoms with van der Waals surface area (Å²) in [5, 5.41) is 14.6. The van der Waals surface area contributed by atoms with Crippen LogP contribution in [0.5, 0.6) is 0 Å². The SMILES string of the molecule is Cc1ccccc1C(=O)NCc1nnc(SCC(=O)NCc2ccccc2)n1C. The van der Waals surface area contributed by atoms with Crippen LogP contribution in [0.2, 0.25) is 0 Å². The average molecular weight is 410 g/mol. The van der Waals surface area contributed by atoms with Crippen molar-refractivity contribution in [3.63, 3.8) is 0 Å². The number of amides is 2. The fourth-order valence-corrected chi connectivity index (χ4v) is 3.44. The number of nitrogens with one attached hydrogen (secondary N) is 2. The molecule has 0 bridgehead atoms. The molecule has 7 nitrogen and oxygen atoms in total. The second-order valence-corrected chi connectivity index (χ2v) is 7.45. The number of rotatable bonds is 8. The van der Waals surface area contributed by atoms with Gasteiger partial charge < -0.3 is 15.2 Å². The zero-order valence-electron chi connectivity index (χ0n) is 16.4. The fraction of sp³-hybridized carbons (Fsp3) is 0.238. The molecule has 1 heterocycles. The van der Waals surface area contributed by atoms with Crippen molar-refractivity contribution < 1.29 is 9.59 Å². The van der Waals surface area contributed by atoms with E-state index in [0.717, 1.165) is 11.1 Å². The molecule has 0 saturated heterocycles. The van der Waals surface area contributed by atoms with Crippen LogP contribution in [-0.4, -0.2) is 32.3 Å². The second-order valence-electron chi connectivity index (χ2n) is 6.51. The number of carbonyl (C=O) groups is 2. The standard InChI is InChI=1S/C21H23N5O2S/c1-15-8-6-7-11-17(15)20(28)23-13-18-24-25-21(26(18)2)29-14-19(27)22-12-16-9-4-3-5-10-16/h3-11H,12-14H2,1-2H3,(H,22,27)(H,23,28). The molecule has 3 rings (SSSR count). The number of thioether (sulfide) groups is 1. The molecule has 2 amide bonds. The zero-order chi connectivity index (χ0) is 20.6. The molecule has 3 aromatic rings. The van der Waals surface area contributed by atoms with Crippen molar-refractivity contribution in [1.29, 1.82) is 0 Å². The molecule has 0 radical (unpaired) electrons. The number of aromatic nitrogens is 3. The monoisotopic (exact) mass is 409 g/mol. The van der Waals surface area contributed by atoms with Crippen LogP contribution in [-0.2, 0) is 24.9 Å². The van der Waals surface area contributed by atoms with Gasteiger partial charge in [-0.3, -0.25) is 9.59 Å². The molecule has 0 aliphatic carbocycles. The lowest BCUT2D eigenvalue weighted by molar-refractivity contribution is -0.118. The van der Waals surface area contributed by atoms with Crippen molar-refractivity contribution in [1.82, 2.24) is 25.4 Å². The molecule has 0 saturated carbocycles. The van der Waals surface area contributed by atoms with Crippen molar-refractivity contribution >= 4 is 23.6 Å². The average Bonchev–Trinajstić information content (AvgIpc) is 3.09. The first kappa shape index (κ1) is 20.6. The van der Waals surface area contributed by atoms with E-state index in [0.29, 0.717) is 23.1 Å². The van der Waals surface area contributed by atoms with E-state index in [1.807, 2.05) is 62.5 Å². The quantitative estimate of drug-likeness (QED) is 0.558. The van der Waals surface area contributed by atoms with E-state index in [-0.39, 0.29) is 24.1 Å². The smallest absolute Gasteiger partial charge is 0.251 e. The highest BCUT2D eigenvalue weighted by Gasteiger charge is 2.13. The summed E-state index contributed by atoms with van der Waals surface area (Å²) >= 11 is 1.31. The highest BCUT2D eigenvalue weighted by atomic mass is 32.2. The van der Waals surface area contributed by atoms with Gasteiger partial charge >= 0.3 is 0 Å². The molecule has 0 aliphatic rings. The molecule has 2 aromatic carbocycles. The minimum atomic E-state index is -0.152. The third-order valence-corrected chi connectivity index (χ3v) is 5.41. The largest absolute Gasteiger partial charge is 0.351 e. The van der Waals surface area contributed by atoms with Crippen molar-refractivity contribution in [2.45, 2.75) is 25.2 Å². The Morgan fingerprint density at radius 1 is 0.966 bits per heavy atom. The molecular weight excluding hydrogens is 386 g/mol. The molecule has 2 N–H and O–H groups in total. The van der Waals surface area contributed by atoms with Gasteiger partial charge in [0.05, 0.1) is 12.3 Å². The summed E-state index contributed by atoms with van der Waals surface area (Å²) in [5.41, 5.74) is 2.61. The topological polar surface area (TPSA) is 88.9 Å². The summed E-state index contributed by atoms with van der Waals surface area (Å²) < 4.78 is 1.78. The lowest BCUT2D eigenvalue weighted by atomic mass is 10.1. The summed E-state index contributed by atoms with van der Waals surface area (Å²) in [6.45, 7) is 2.65. The zero-order valence-corrected chi connectivity index (χ0v) is 17.2. The molecule has 150 valence electrons. The van der Waals surface area contributed by atoms with Gasteiger partial charge in [-0.05, 0) is 24.1 Å². The van der Waals surface area contributed by atoms with Crippen LogP contribution in [0, 0.1) is 6.92 Å². The highest BCUT2D eigenvalue weighted by Crippen LogP contribution is 2.15. The third kappa shape index (κ3) is 5.68. The van der Waals surface area contributed by atoms with Gasteiger partial charge in [0.1, 0.15) is 0 Å². The lowest BCUT2D eigenvalue weighted by Gasteiger charge is -2.08. The van der Waals surface area contributed by atoms with Crippen LogP contribution < -0.4 is 10.6 Å². The molecule has 0 unspecified atom stereocenters. The van der Waals surface area contributed by atoms with Crippen molar-refractivity contribution in [2.75, 3.05) is 5.75 Å². The van der Waals surface area contributed by atoms with E-state index in [9.17, 15) is 9.59 Å². The first-order chi connectivity index (χ1) is 14.0. The maximum atomic E-state index is 12.3. The van der Waals surface area contributed by atoms with E-state index < -0.39 is 0 Å². The van der Waals surface area contributed by atoms with E-state index >= 15 is 0 Å². The summed E-state index contributed by atoms with van der Waals surface area (Å²) in [5.74, 6) is 0.643. The Bertz CT molecular complexity index is 988. The van der Waals surface area contributed by atoms with Crippen molar-refractivity contribution in [2.24, 2.45) is 7.05 Å². The normalized spacial score (nSPS) is 10.6. The minimum Gasteiger partial charge on any atom is -0.351 e. The highest BCUT2D eigenvalue weighted by molar-refractivity contribution is 7.99. The summed E-state index contributed by atoms with van der Waals surface area (Å²) in [4.78, 5) is 24.4. The molecule has 0 fully saturated rings. The number of aryl methyl sites for hydroxylation is 1. The van der Waals surface area contributed by atoms with Crippen LogP contribution >= 0.6 is 11.8 Å². The maximum Gasteiger partial charge on any atom is 0.251 e. The molecule has 8 heteroatoms. The third-order valence-electron chi connectivity index (χ3n) is 4.39. The van der Waals surface area contributed by atoms with E-state index in [4.69, 9.17) is 0 Å². The van der Waals surface area contributed by atoms with E-state index in [2.05, 4.69) is 20.8 Å². The van der Waals surface area contributed by atoms with Gasteiger partial charge in [0, 0.05) is 19.2 Å². The summed E-state index contributed by atoms with van der Waals surface area (Å²) in [6.07, 6.45) is 0. The molecule has 0 atom stereocenters. The first-order valence-electron chi connectivity index (χ1n) is 9.20. The Morgan fingerprint density at radius 3 is 2.45 bits per heavy atom. The van der Waals surface area contributed by atoms with Gasteiger partial charge in [-0.25, -0.2) is 0 Å². The van der Waals surface area contributed by atoms with Gasteiger partial charge in [0.2, 0.25) is 5.91 Å². The first-order valence-corrected chi connectivity index (χ1v) is 10.2. The Balaban J connectivity index is 1.48. The number of hydrogen-bond donors (Lipinski definition) is 2. The van der Waals surface area contributed by atoms with Gasteiger partial charge in [-0.1, -0.05) is 60.3 Å². The van der Waals surface area contributed by atoms with Crippen LogP contribution in [0.3, 0.4) is 0 Å². The number of nitrogens with zero attached hydrogens (tertiary/aromatic N) is 3. The predicted molar refractivity (Wildman–Crippen MR) is 112 cm³/mol. The molecule has 0 spiro atoms. The predicted octanol–water partition coefficient (Wildman–Crippen LogP) is 2.46. The lowest BCUT2D eigenvalue weighted by Crippen LogP contribution is -2.25. The van der Waals surface area contributed by atoms with E-state index in [1.165, 1.54) is 11.8 Å². The fourth-order valence-electron chi connectivity index (χ4n) is 2.68. The molecule has 1 aromatic heterocycles. The van der Waals surface area contributed by atoms with Gasteiger partial charge in [-0.15, -0.1) is 10.2 Å². The Hall–Kier alpha value is -3.13. The van der Waals surface area contributed by atoms with Crippen LogP contribution in [0.15, 0.2) is 59.8 Å². The Labute approximate surface area is 173 Å². The second kappa shape index (κ2) is 9.88. The summed E-state index contributed by atoms with van der Waals surface area (Å²) in [7, 11) is 1.82. The van der Waals surface area contributed by atoms with Gasteiger partial charge in [-0.2, -0.15) is 0 Å². The molecule has 29 heavy (non-hydrogen) atoms. The van der Waals surface area contributed by atoms with Crippen LogP contribution in [0.25, 0.3) is 0 Å². The van der Waals surface area contributed by atoms with Crippen LogP contribution in [0.1, 0.15) is 27.3 Å².